The normalized spacial score (nSPS) is 10.7. The molecule has 0 saturated heterocycles. The van der Waals surface area contributed by atoms with E-state index in [-0.39, 0.29) is 16.1 Å². The minimum atomic E-state index is -3.79. The Balaban J connectivity index is 1.96. The molecule has 0 saturated carbocycles. The van der Waals surface area contributed by atoms with E-state index in [9.17, 15) is 12.8 Å². The van der Waals surface area contributed by atoms with E-state index in [1.54, 1.807) is 12.1 Å². The van der Waals surface area contributed by atoms with E-state index in [1.165, 1.54) is 30.3 Å². The third-order valence-electron chi connectivity index (χ3n) is 3.67. The zero-order valence-electron chi connectivity index (χ0n) is 14.0. The van der Waals surface area contributed by atoms with Crippen molar-refractivity contribution in [2.75, 3.05) is 4.72 Å². The molecule has 26 heavy (non-hydrogen) atoms. The first-order valence-corrected chi connectivity index (χ1v) is 9.38. The number of nitrogens with one attached hydrogen (secondary N) is 1. The molecule has 0 fully saturated rings. The summed E-state index contributed by atoms with van der Waals surface area (Å²) < 4.78 is 41.3. The number of hydrogen-bond donors (Lipinski definition) is 1. The first-order valence-electron chi connectivity index (χ1n) is 7.90. The molecule has 0 unspecified atom stereocenters. The zero-order chi connectivity index (χ0) is 18.6. The number of sulfonamides is 1. The molecule has 0 aliphatic rings. The largest absolute Gasteiger partial charge is 0.278 e. The van der Waals surface area contributed by atoms with E-state index < -0.39 is 15.8 Å². The third-order valence-corrected chi connectivity index (χ3v) is 5.05. The van der Waals surface area contributed by atoms with Gasteiger partial charge in [0.25, 0.3) is 10.0 Å². The predicted octanol–water partition coefficient (Wildman–Crippen LogP) is 4.33. The van der Waals surface area contributed by atoms with Crippen LogP contribution in [-0.2, 0) is 10.0 Å². The van der Waals surface area contributed by atoms with Crippen LogP contribution in [0.15, 0.2) is 77.7 Å². The van der Waals surface area contributed by atoms with Gasteiger partial charge in [-0.05, 0) is 49.4 Å². The van der Waals surface area contributed by atoms with Crippen molar-refractivity contribution < 1.29 is 12.8 Å². The summed E-state index contributed by atoms with van der Waals surface area (Å²) in [4.78, 5) is 0.134. The first kappa shape index (κ1) is 17.7. The number of anilines is 1. The van der Waals surface area contributed by atoms with E-state index in [0.29, 0.717) is 0 Å². The fraction of sp³-hybridized carbons (Fsp3) is 0.0476. The lowest BCUT2D eigenvalue weighted by atomic mass is 10.1. The molecule has 0 atom stereocenters. The van der Waals surface area contributed by atoms with Gasteiger partial charge in [-0.15, -0.1) is 0 Å². The van der Waals surface area contributed by atoms with Crippen LogP contribution in [0.1, 0.15) is 16.7 Å². The summed E-state index contributed by atoms with van der Waals surface area (Å²) in [5.41, 5.74) is 2.21. The highest BCUT2D eigenvalue weighted by molar-refractivity contribution is 7.92. The fourth-order valence-electron chi connectivity index (χ4n) is 2.29. The van der Waals surface area contributed by atoms with Crippen LogP contribution in [0.2, 0.25) is 0 Å². The lowest BCUT2D eigenvalue weighted by Crippen LogP contribution is -2.14. The van der Waals surface area contributed by atoms with Crippen molar-refractivity contribution in [3.8, 4) is 11.8 Å². The van der Waals surface area contributed by atoms with Crippen molar-refractivity contribution in [1.29, 1.82) is 0 Å². The second-order valence-corrected chi connectivity index (χ2v) is 7.41. The van der Waals surface area contributed by atoms with Crippen molar-refractivity contribution in [1.82, 2.24) is 0 Å². The van der Waals surface area contributed by atoms with Gasteiger partial charge in [-0.2, -0.15) is 0 Å². The fourth-order valence-corrected chi connectivity index (χ4v) is 3.37. The van der Waals surface area contributed by atoms with Gasteiger partial charge >= 0.3 is 0 Å². The van der Waals surface area contributed by atoms with Crippen molar-refractivity contribution in [2.24, 2.45) is 0 Å². The van der Waals surface area contributed by atoms with Crippen LogP contribution in [-0.4, -0.2) is 8.42 Å². The quantitative estimate of drug-likeness (QED) is 0.702. The Labute approximate surface area is 152 Å². The van der Waals surface area contributed by atoms with Gasteiger partial charge in [0.05, 0.1) is 16.1 Å². The highest BCUT2D eigenvalue weighted by atomic mass is 32.2. The van der Waals surface area contributed by atoms with Gasteiger partial charge in [0.2, 0.25) is 0 Å². The molecule has 0 spiro atoms. The van der Waals surface area contributed by atoms with E-state index in [2.05, 4.69) is 16.6 Å². The number of rotatable bonds is 3. The van der Waals surface area contributed by atoms with Crippen molar-refractivity contribution in [2.45, 2.75) is 11.8 Å². The molecular formula is C21H16FNO2S. The van der Waals surface area contributed by atoms with Gasteiger partial charge in [0, 0.05) is 5.56 Å². The van der Waals surface area contributed by atoms with Crippen LogP contribution in [0, 0.1) is 24.6 Å². The molecule has 5 heteroatoms. The smallest absolute Gasteiger partial charge is 0.261 e. The summed E-state index contributed by atoms with van der Waals surface area (Å²) in [5, 5.41) is 0. The molecule has 3 aromatic carbocycles. The van der Waals surface area contributed by atoms with Crippen LogP contribution in [0.4, 0.5) is 10.1 Å². The van der Waals surface area contributed by atoms with Gasteiger partial charge in [-0.1, -0.05) is 47.7 Å². The highest BCUT2D eigenvalue weighted by Crippen LogP contribution is 2.21. The van der Waals surface area contributed by atoms with Crippen LogP contribution >= 0.6 is 0 Å². The summed E-state index contributed by atoms with van der Waals surface area (Å²) >= 11 is 0. The van der Waals surface area contributed by atoms with Crippen molar-refractivity contribution in [3.05, 3.63) is 95.3 Å². The Bertz CT molecular complexity index is 1080. The Morgan fingerprint density at radius 3 is 2.27 bits per heavy atom. The van der Waals surface area contributed by atoms with E-state index in [0.717, 1.165) is 11.1 Å². The number of aryl methyl sites for hydroxylation is 1. The molecule has 3 rings (SSSR count). The summed E-state index contributed by atoms with van der Waals surface area (Å²) in [5.74, 6) is 5.26. The van der Waals surface area contributed by atoms with Crippen LogP contribution < -0.4 is 4.72 Å². The van der Waals surface area contributed by atoms with E-state index in [1.807, 2.05) is 37.3 Å². The Morgan fingerprint density at radius 1 is 0.885 bits per heavy atom. The second-order valence-electron chi connectivity index (χ2n) is 5.72. The average Bonchev–Trinajstić information content (AvgIpc) is 2.63. The first-order chi connectivity index (χ1) is 12.4. The van der Waals surface area contributed by atoms with Gasteiger partial charge in [-0.3, -0.25) is 4.72 Å². The molecule has 0 aromatic heterocycles. The van der Waals surface area contributed by atoms with E-state index in [4.69, 9.17) is 0 Å². The SMILES string of the molecule is Cc1ccc(S(=O)(=O)Nc2ccc(F)cc2C#Cc2ccccc2)cc1. The van der Waals surface area contributed by atoms with Gasteiger partial charge in [-0.25, -0.2) is 12.8 Å². The maximum atomic E-state index is 13.6. The minimum absolute atomic E-state index is 0.134. The third kappa shape index (κ3) is 4.29. The molecule has 0 aliphatic carbocycles. The topological polar surface area (TPSA) is 46.2 Å². The molecule has 3 aromatic rings. The summed E-state index contributed by atoms with van der Waals surface area (Å²) in [6.07, 6.45) is 0. The van der Waals surface area contributed by atoms with Gasteiger partial charge in [0.1, 0.15) is 5.82 Å². The van der Waals surface area contributed by atoms with Crippen LogP contribution in [0.5, 0.6) is 0 Å². The average molecular weight is 365 g/mol. The van der Waals surface area contributed by atoms with Gasteiger partial charge in [0.15, 0.2) is 0 Å². The van der Waals surface area contributed by atoms with Gasteiger partial charge < -0.3 is 0 Å². The van der Waals surface area contributed by atoms with Crippen LogP contribution in [0.3, 0.4) is 0 Å². The maximum Gasteiger partial charge on any atom is 0.261 e. The monoisotopic (exact) mass is 365 g/mol. The summed E-state index contributed by atoms with van der Waals surface area (Å²) in [7, 11) is -3.79. The highest BCUT2D eigenvalue weighted by Gasteiger charge is 2.15. The number of benzene rings is 3. The maximum absolute atomic E-state index is 13.6. The summed E-state index contributed by atoms with van der Waals surface area (Å²) in [6.45, 7) is 1.88. The molecule has 130 valence electrons. The summed E-state index contributed by atoms with van der Waals surface area (Å²) in [6, 6.07) is 19.5. The predicted molar refractivity (Wildman–Crippen MR) is 101 cm³/mol. The Morgan fingerprint density at radius 2 is 1.58 bits per heavy atom. The Hall–Kier alpha value is -3.10. The molecule has 0 heterocycles. The minimum Gasteiger partial charge on any atom is -0.278 e. The zero-order valence-corrected chi connectivity index (χ0v) is 14.8. The number of hydrogen-bond acceptors (Lipinski definition) is 2. The second kappa shape index (κ2) is 7.42. The Kier molecular flexibility index (Phi) is 5.06. The molecular weight excluding hydrogens is 349 g/mol. The van der Waals surface area contributed by atoms with Crippen molar-refractivity contribution >= 4 is 15.7 Å². The lowest BCUT2D eigenvalue weighted by molar-refractivity contribution is 0.601. The lowest BCUT2D eigenvalue weighted by Gasteiger charge is -2.10. The van der Waals surface area contributed by atoms with E-state index >= 15 is 0 Å². The molecule has 3 nitrogen and oxygen atoms in total. The van der Waals surface area contributed by atoms with Crippen molar-refractivity contribution in [3.63, 3.8) is 0 Å². The molecule has 0 amide bonds. The standard InChI is InChI=1S/C21H16FNO2S/c1-16-7-12-20(13-8-16)26(24,25)23-21-14-11-19(22)15-18(21)10-9-17-5-3-2-4-6-17/h2-8,11-15,23H,1H3. The number of halogens is 1. The molecule has 0 aliphatic heterocycles. The molecule has 1 N–H and O–H groups in total. The molecule has 0 radical (unpaired) electrons. The molecule has 0 bridgehead atoms. The van der Waals surface area contributed by atoms with Crippen LogP contribution in [0.25, 0.3) is 0 Å².